The van der Waals surface area contributed by atoms with Gasteiger partial charge in [-0.15, -0.1) is 0 Å². The molecule has 0 bridgehead atoms. The predicted octanol–water partition coefficient (Wildman–Crippen LogP) is 3.07. The Morgan fingerprint density at radius 1 is 0.806 bits per heavy atom. The molecule has 8 heteroatoms. The van der Waals surface area contributed by atoms with Gasteiger partial charge < -0.3 is 20.9 Å². The molecule has 1 heterocycles. The van der Waals surface area contributed by atoms with Crippen LogP contribution in [0.25, 0.3) is 0 Å². The number of piperazine rings is 1. The van der Waals surface area contributed by atoms with Crippen molar-refractivity contribution in [3.63, 3.8) is 0 Å². The predicted molar refractivity (Wildman–Crippen MR) is 122 cm³/mol. The van der Waals surface area contributed by atoms with E-state index in [0.717, 1.165) is 5.69 Å². The molecule has 1 saturated heterocycles. The summed E-state index contributed by atoms with van der Waals surface area (Å²) in [6, 6.07) is 16.3. The largest absolute Gasteiger partial charge is 0.326 e. The topological polar surface area (TPSA) is 93.8 Å². The van der Waals surface area contributed by atoms with Crippen molar-refractivity contribution >= 4 is 34.9 Å². The first-order chi connectivity index (χ1) is 14.9. The number of benzene rings is 2. The van der Waals surface area contributed by atoms with Crippen molar-refractivity contribution in [2.24, 2.45) is 5.92 Å². The molecule has 8 nitrogen and oxygen atoms in total. The zero-order chi connectivity index (χ0) is 22.2. The summed E-state index contributed by atoms with van der Waals surface area (Å²) in [4.78, 5) is 40.4. The standard InChI is InChI=1S/C23H29N5O3/c1-17(2)22(30)25-19-9-6-10-20(15-19)26-23(31)28-13-11-27(12-14-28)16-21(29)24-18-7-4-3-5-8-18/h3-10,15,17H,11-14,16H2,1-2H3,(H,24,29)(H,25,30)(H,26,31). The summed E-state index contributed by atoms with van der Waals surface area (Å²) in [6.45, 7) is 6.27. The van der Waals surface area contributed by atoms with Gasteiger partial charge in [-0.05, 0) is 30.3 Å². The van der Waals surface area contributed by atoms with Gasteiger partial charge in [0.2, 0.25) is 11.8 Å². The fourth-order valence-corrected chi connectivity index (χ4v) is 3.20. The number of hydrogen-bond acceptors (Lipinski definition) is 4. The molecule has 31 heavy (non-hydrogen) atoms. The average molecular weight is 424 g/mol. The van der Waals surface area contributed by atoms with Gasteiger partial charge in [0.1, 0.15) is 0 Å². The zero-order valence-corrected chi connectivity index (χ0v) is 17.9. The normalized spacial score (nSPS) is 14.2. The Kier molecular flexibility index (Phi) is 7.61. The van der Waals surface area contributed by atoms with E-state index in [2.05, 4.69) is 16.0 Å². The van der Waals surface area contributed by atoms with E-state index in [0.29, 0.717) is 44.1 Å². The molecule has 0 unspecified atom stereocenters. The molecule has 3 N–H and O–H groups in total. The van der Waals surface area contributed by atoms with E-state index in [4.69, 9.17) is 0 Å². The van der Waals surface area contributed by atoms with Crippen LogP contribution in [0.4, 0.5) is 21.9 Å². The Morgan fingerprint density at radius 3 is 2.06 bits per heavy atom. The highest BCUT2D eigenvalue weighted by atomic mass is 16.2. The van der Waals surface area contributed by atoms with Crippen LogP contribution in [0.3, 0.4) is 0 Å². The summed E-state index contributed by atoms with van der Waals surface area (Å²) < 4.78 is 0. The third-order valence-corrected chi connectivity index (χ3v) is 4.99. The third kappa shape index (κ3) is 6.82. The lowest BCUT2D eigenvalue weighted by Crippen LogP contribution is -2.51. The SMILES string of the molecule is CC(C)C(=O)Nc1cccc(NC(=O)N2CCN(CC(=O)Nc3ccccc3)CC2)c1. The van der Waals surface area contributed by atoms with Crippen molar-refractivity contribution in [3.8, 4) is 0 Å². The maximum absolute atomic E-state index is 12.6. The smallest absolute Gasteiger partial charge is 0.321 e. The maximum Gasteiger partial charge on any atom is 0.321 e. The molecule has 3 rings (SSSR count). The lowest BCUT2D eigenvalue weighted by molar-refractivity contribution is -0.119. The number of nitrogens with one attached hydrogen (secondary N) is 3. The van der Waals surface area contributed by atoms with Crippen LogP contribution >= 0.6 is 0 Å². The van der Waals surface area contributed by atoms with Crippen molar-refractivity contribution in [2.45, 2.75) is 13.8 Å². The average Bonchev–Trinajstić information content (AvgIpc) is 2.75. The Labute approximate surface area is 182 Å². The van der Waals surface area contributed by atoms with Crippen LogP contribution in [0.2, 0.25) is 0 Å². The molecule has 2 aromatic rings. The summed E-state index contributed by atoms with van der Waals surface area (Å²) in [7, 11) is 0. The first-order valence-corrected chi connectivity index (χ1v) is 10.4. The van der Waals surface area contributed by atoms with Crippen molar-refractivity contribution in [1.82, 2.24) is 9.80 Å². The fourth-order valence-electron chi connectivity index (χ4n) is 3.20. The minimum atomic E-state index is -0.194. The van der Waals surface area contributed by atoms with Crippen LogP contribution in [-0.4, -0.2) is 60.4 Å². The lowest BCUT2D eigenvalue weighted by atomic mass is 10.2. The maximum atomic E-state index is 12.6. The number of carbonyl (C=O) groups excluding carboxylic acids is 3. The fraction of sp³-hybridized carbons (Fsp3) is 0.348. The molecule has 0 aromatic heterocycles. The van der Waals surface area contributed by atoms with E-state index in [-0.39, 0.29) is 23.8 Å². The van der Waals surface area contributed by atoms with Crippen molar-refractivity contribution in [1.29, 1.82) is 0 Å². The number of carbonyl (C=O) groups is 3. The second-order valence-electron chi connectivity index (χ2n) is 7.83. The van der Waals surface area contributed by atoms with Gasteiger partial charge in [0.25, 0.3) is 0 Å². The quantitative estimate of drug-likeness (QED) is 0.666. The number of nitrogens with zero attached hydrogens (tertiary/aromatic N) is 2. The number of amides is 4. The number of hydrogen-bond donors (Lipinski definition) is 3. The van der Waals surface area contributed by atoms with Crippen LogP contribution in [0.15, 0.2) is 54.6 Å². The first-order valence-electron chi connectivity index (χ1n) is 10.4. The Hall–Kier alpha value is -3.39. The van der Waals surface area contributed by atoms with Gasteiger partial charge in [-0.3, -0.25) is 14.5 Å². The van der Waals surface area contributed by atoms with Crippen LogP contribution in [0.1, 0.15) is 13.8 Å². The minimum Gasteiger partial charge on any atom is -0.326 e. The van der Waals surface area contributed by atoms with E-state index in [1.54, 1.807) is 29.2 Å². The highest BCUT2D eigenvalue weighted by Gasteiger charge is 2.22. The molecule has 1 fully saturated rings. The van der Waals surface area contributed by atoms with Crippen LogP contribution in [0.5, 0.6) is 0 Å². The number of para-hydroxylation sites is 1. The third-order valence-electron chi connectivity index (χ3n) is 4.99. The second-order valence-corrected chi connectivity index (χ2v) is 7.83. The van der Waals surface area contributed by atoms with Gasteiger partial charge in [0.15, 0.2) is 0 Å². The molecule has 0 radical (unpaired) electrons. The Morgan fingerprint density at radius 2 is 1.42 bits per heavy atom. The Bertz CT molecular complexity index is 908. The van der Waals surface area contributed by atoms with Crippen LogP contribution < -0.4 is 16.0 Å². The van der Waals surface area contributed by atoms with Gasteiger partial charge in [0, 0.05) is 49.2 Å². The van der Waals surface area contributed by atoms with Crippen LogP contribution in [0, 0.1) is 5.92 Å². The molecule has 4 amide bonds. The zero-order valence-electron chi connectivity index (χ0n) is 17.9. The molecule has 0 atom stereocenters. The van der Waals surface area contributed by atoms with Crippen molar-refractivity contribution in [2.75, 3.05) is 48.7 Å². The van der Waals surface area contributed by atoms with Crippen molar-refractivity contribution < 1.29 is 14.4 Å². The Balaban J connectivity index is 1.45. The molecule has 0 aliphatic carbocycles. The minimum absolute atomic E-state index is 0.0654. The van der Waals surface area contributed by atoms with Gasteiger partial charge in [0.05, 0.1) is 6.54 Å². The number of anilines is 3. The van der Waals surface area contributed by atoms with E-state index in [1.165, 1.54) is 0 Å². The molecule has 0 saturated carbocycles. The summed E-state index contributed by atoms with van der Waals surface area (Å²) >= 11 is 0. The molecule has 1 aliphatic rings. The molecule has 0 spiro atoms. The highest BCUT2D eigenvalue weighted by Crippen LogP contribution is 2.17. The van der Waals surface area contributed by atoms with E-state index in [1.807, 2.05) is 49.1 Å². The number of rotatable bonds is 6. The van der Waals surface area contributed by atoms with Crippen molar-refractivity contribution in [3.05, 3.63) is 54.6 Å². The van der Waals surface area contributed by atoms with Gasteiger partial charge in [-0.2, -0.15) is 0 Å². The summed E-state index contributed by atoms with van der Waals surface area (Å²) in [5, 5.41) is 8.59. The van der Waals surface area contributed by atoms with Gasteiger partial charge >= 0.3 is 6.03 Å². The second kappa shape index (κ2) is 10.6. The summed E-state index contributed by atoms with van der Waals surface area (Å²) in [5.41, 5.74) is 2.04. The number of urea groups is 1. The van der Waals surface area contributed by atoms with E-state index in [9.17, 15) is 14.4 Å². The van der Waals surface area contributed by atoms with Gasteiger partial charge in [-0.1, -0.05) is 38.1 Å². The van der Waals surface area contributed by atoms with Crippen LogP contribution in [-0.2, 0) is 9.59 Å². The molecule has 2 aromatic carbocycles. The van der Waals surface area contributed by atoms with E-state index >= 15 is 0 Å². The summed E-state index contributed by atoms with van der Waals surface area (Å²) in [6.07, 6.45) is 0. The van der Waals surface area contributed by atoms with E-state index < -0.39 is 0 Å². The highest BCUT2D eigenvalue weighted by molar-refractivity contribution is 5.94. The summed E-state index contributed by atoms with van der Waals surface area (Å²) in [5.74, 6) is -0.260. The van der Waals surface area contributed by atoms with Gasteiger partial charge in [-0.25, -0.2) is 4.79 Å². The molecular formula is C23H29N5O3. The molecular weight excluding hydrogens is 394 g/mol. The molecule has 164 valence electrons. The first kappa shape index (κ1) is 22.3. The monoisotopic (exact) mass is 423 g/mol. The molecule has 1 aliphatic heterocycles. The lowest BCUT2D eigenvalue weighted by Gasteiger charge is -2.34.